The van der Waals surface area contributed by atoms with Gasteiger partial charge in [0.25, 0.3) is 0 Å². The van der Waals surface area contributed by atoms with Crippen LogP contribution in [0.4, 0.5) is 0 Å². The number of rotatable bonds is 6. The average molecular weight is 302 g/mol. The van der Waals surface area contributed by atoms with Gasteiger partial charge < -0.3 is 10.2 Å². The fourth-order valence-electron chi connectivity index (χ4n) is 2.88. The van der Waals surface area contributed by atoms with Crippen LogP contribution in [-0.2, 0) is 9.59 Å². The first-order valence-electron chi connectivity index (χ1n) is 8.18. The number of carbonyl (C=O) groups excluding carboxylic acids is 2. The highest BCUT2D eigenvalue weighted by Crippen LogP contribution is 2.21. The van der Waals surface area contributed by atoms with Gasteiger partial charge in [-0.3, -0.25) is 9.59 Å². The minimum absolute atomic E-state index is 0.00796. The van der Waals surface area contributed by atoms with E-state index in [0.717, 1.165) is 24.8 Å². The smallest absolute Gasteiger partial charge is 0.240 e. The van der Waals surface area contributed by atoms with Crippen LogP contribution in [0.1, 0.15) is 51.1 Å². The van der Waals surface area contributed by atoms with Crippen molar-refractivity contribution >= 4 is 11.8 Å². The van der Waals surface area contributed by atoms with E-state index in [0.29, 0.717) is 18.9 Å². The Balaban J connectivity index is 1.97. The average Bonchev–Trinajstić information content (AvgIpc) is 2.49. The van der Waals surface area contributed by atoms with Crippen molar-refractivity contribution in [1.82, 2.24) is 10.2 Å². The lowest BCUT2D eigenvalue weighted by molar-refractivity contribution is -0.138. The second-order valence-electron chi connectivity index (χ2n) is 6.43. The molecule has 4 heteroatoms. The van der Waals surface area contributed by atoms with Gasteiger partial charge >= 0.3 is 0 Å². The predicted molar refractivity (Wildman–Crippen MR) is 87.2 cm³/mol. The predicted octanol–water partition coefficient (Wildman–Crippen LogP) is 2.90. The summed E-state index contributed by atoms with van der Waals surface area (Å²) in [6, 6.07) is 10.0. The lowest BCUT2D eigenvalue weighted by atomic mass is 9.97. The van der Waals surface area contributed by atoms with Gasteiger partial charge in [-0.25, -0.2) is 0 Å². The third-order valence-electron chi connectivity index (χ3n) is 4.00. The van der Waals surface area contributed by atoms with Gasteiger partial charge in [-0.1, -0.05) is 44.2 Å². The SMILES string of the molecule is CC(C)CC(NC(=O)CN1CCCCC1=O)c1ccccc1. The summed E-state index contributed by atoms with van der Waals surface area (Å²) in [5, 5.41) is 3.10. The molecule has 1 saturated heterocycles. The van der Waals surface area contributed by atoms with Gasteiger partial charge in [0.15, 0.2) is 0 Å². The molecule has 120 valence electrons. The van der Waals surface area contributed by atoms with Crippen LogP contribution in [0.3, 0.4) is 0 Å². The van der Waals surface area contributed by atoms with Gasteiger partial charge in [0, 0.05) is 13.0 Å². The van der Waals surface area contributed by atoms with Crippen LogP contribution in [0.5, 0.6) is 0 Å². The van der Waals surface area contributed by atoms with Crippen molar-refractivity contribution in [3.05, 3.63) is 35.9 Å². The molecule has 1 aliphatic heterocycles. The van der Waals surface area contributed by atoms with Gasteiger partial charge in [0.2, 0.25) is 11.8 Å². The Bertz CT molecular complexity index is 499. The van der Waals surface area contributed by atoms with Crippen molar-refractivity contribution < 1.29 is 9.59 Å². The van der Waals surface area contributed by atoms with Crippen molar-refractivity contribution in [1.29, 1.82) is 0 Å². The summed E-state index contributed by atoms with van der Waals surface area (Å²) in [7, 11) is 0. The molecule has 1 aromatic rings. The van der Waals surface area contributed by atoms with Crippen LogP contribution >= 0.6 is 0 Å². The maximum absolute atomic E-state index is 12.3. The van der Waals surface area contributed by atoms with E-state index < -0.39 is 0 Å². The lowest BCUT2D eigenvalue weighted by Crippen LogP contribution is -2.44. The number of likely N-dealkylation sites (tertiary alicyclic amines) is 1. The first kappa shape index (κ1) is 16.5. The molecule has 1 N–H and O–H groups in total. The van der Waals surface area contributed by atoms with E-state index in [1.807, 2.05) is 30.3 Å². The molecule has 0 radical (unpaired) electrons. The molecule has 0 bridgehead atoms. The number of hydrogen-bond acceptors (Lipinski definition) is 2. The minimum atomic E-state index is -0.0650. The highest BCUT2D eigenvalue weighted by Gasteiger charge is 2.22. The zero-order valence-electron chi connectivity index (χ0n) is 13.5. The van der Waals surface area contributed by atoms with Crippen molar-refractivity contribution in [3.8, 4) is 0 Å². The van der Waals surface area contributed by atoms with E-state index in [2.05, 4.69) is 19.2 Å². The monoisotopic (exact) mass is 302 g/mol. The summed E-state index contributed by atoms with van der Waals surface area (Å²) in [6.07, 6.45) is 3.40. The van der Waals surface area contributed by atoms with E-state index in [9.17, 15) is 9.59 Å². The van der Waals surface area contributed by atoms with E-state index >= 15 is 0 Å². The molecular weight excluding hydrogens is 276 g/mol. The van der Waals surface area contributed by atoms with Crippen molar-refractivity contribution in [3.63, 3.8) is 0 Å². The molecule has 2 amide bonds. The van der Waals surface area contributed by atoms with E-state index in [1.54, 1.807) is 4.90 Å². The van der Waals surface area contributed by atoms with Crippen molar-refractivity contribution in [2.24, 2.45) is 5.92 Å². The summed E-state index contributed by atoms with van der Waals surface area (Å²) in [6.45, 7) is 5.18. The first-order valence-corrected chi connectivity index (χ1v) is 8.18. The maximum atomic E-state index is 12.3. The van der Waals surface area contributed by atoms with Crippen LogP contribution in [0.25, 0.3) is 0 Å². The highest BCUT2D eigenvalue weighted by molar-refractivity contribution is 5.85. The molecule has 22 heavy (non-hydrogen) atoms. The standard InChI is InChI=1S/C18H26N2O2/c1-14(2)12-16(15-8-4-3-5-9-15)19-17(21)13-20-11-7-6-10-18(20)22/h3-5,8-9,14,16H,6-7,10-13H2,1-2H3,(H,19,21). The van der Waals surface area contributed by atoms with Crippen LogP contribution in [0, 0.1) is 5.92 Å². The Hall–Kier alpha value is -1.84. The van der Waals surface area contributed by atoms with Gasteiger partial charge in [0.1, 0.15) is 0 Å². The molecule has 0 spiro atoms. The largest absolute Gasteiger partial charge is 0.348 e. The number of benzene rings is 1. The summed E-state index contributed by atoms with van der Waals surface area (Å²) in [5.41, 5.74) is 1.12. The molecule has 1 fully saturated rings. The number of nitrogens with zero attached hydrogens (tertiary/aromatic N) is 1. The van der Waals surface area contributed by atoms with Gasteiger partial charge in [-0.05, 0) is 30.7 Å². The second-order valence-corrected chi connectivity index (χ2v) is 6.43. The topological polar surface area (TPSA) is 49.4 Å². The van der Waals surface area contributed by atoms with Crippen LogP contribution in [0.2, 0.25) is 0 Å². The Morgan fingerprint density at radius 1 is 1.23 bits per heavy atom. The Kier molecular flexibility index (Phi) is 5.99. The van der Waals surface area contributed by atoms with Gasteiger partial charge in [0.05, 0.1) is 12.6 Å². The molecule has 1 aliphatic rings. The molecule has 1 aromatic carbocycles. The third-order valence-corrected chi connectivity index (χ3v) is 4.00. The first-order chi connectivity index (χ1) is 10.6. The molecular formula is C18H26N2O2. The number of hydrogen-bond donors (Lipinski definition) is 1. The number of nitrogens with one attached hydrogen (secondary N) is 1. The number of carbonyl (C=O) groups is 2. The van der Waals surface area contributed by atoms with E-state index in [4.69, 9.17) is 0 Å². The Labute approximate surface area is 132 Å². The molecule has 1 atom stereocenters. The summed E-state index contributed by atoms with van der Waals surface area (Å²) in [5.74, 6) is 0.522. The summed E-state index contributed by atoms with van der Waals surface area (Å²) in [4.78, 5) is 25.8. The van der Waals surface area contributed by atoms with Gasteiger partial charge in [-0.15, -0.1) is 0 Å². The zero-order valence-corrected chi connectivity index (χ0v) is 13.5. The van der Waals surface area contributed by atoms with Crippen molar-refractivity contribution in [2.45, 2.75) is 45.6 Å². The fraction of sp³-hybridized carbons (Fsp3) is 0.556. The molecule has 4 nitrogen and oxygen atoms in total. The summed E-state index contributed by atoms with van der Waals surface area (Å²) >= 11 is 0. The maximum Gasteiger partial charge on any atom is 0.240 e. The quantitative estimate of drug-likeness (QED) is 0.878. The van der Waals surface area contributed by atoms with Gasteiger partial charge in [-0.2, -0.15) is 0 Å². The van der Waals surface area contributed by atoms with E-state index in [1.165, 1.54) is 0 Å². The molecule has 0 aliphatic carbocycles. The molecule has 2 rings (SSSR count). The number of piperidine rings is 1. The fourth-order valence-corrected chi connectivity index (χ4v) is 2.88. The van der Waals surface area contributed by atoms with E-state index in [-0.39, 0.29) is 24.4 Å². The minimum Gasteiger partial charge on any atom is -0.348 e. The molecule has 0 saturated carbocycles. The Morgan fingerprint density at radius 3 is 2.59 bits per heavy atom. The molecule has 1 unspecified atom stereocenters. The number of amides is 2. The van der Waals surface area contributed by atoms with Crippen molar-refractivity contribution in [2.75, 3.05) is 13.1 Å². The highest BCUT2D eigenvalue weighted by atomic mass is 16.2. The zero-order chi connectivity index (χ0) is 15.9. The van der Waals surface area contributed by atoms with Crippen LogP contribution < -0.4 is 5.32 Å². The van der Waals surface area contributed by atoms with Crippen LogP contribution in [0.15, 0.2) is 30.3 Å². The Morgan fingerprint density at radius 2 is 1.95 bits per heavy atom. The lowest BCUT2D eigenvalue weighted by Gasteiger charge is -2.28. The van der Waals surface area contributed by atoms with Crippen LogP contribution in [-0.4, -0.2) is 29.8 Å². The summed E-state index contributed by atoms with van der Waals surface area (Å²) < 4.78 is 0. The molecule has 0 aromatic heterocycles. The normalized spacial score (nSPS) is 16.7. The third kappa shape index (κ3) is 4.86. The second kappa shape index (κ2) is 7.97. The molecule has 1 heterocycles.